The topological polar surface area (TPSA) is 50.5 Å². The molecule has 0 spiro atoms. The van der Waals surface area contributed by atoms with E-state index < -0.39 is 0 Å². The van der Waals surface area contributed by atoms with Gasteiger partial charge in [-0.05, 0) is 19.1 Å². The first-order valence-corrected chi connectivity index (χ1v) is 8.27. The van der Waals surface area contributed by atoms with Gasteiger partial charge in [0.05, 0.1) is 0 Å². The van der Waals surface area contributed by atoms with Gasteiger partial charge >= 0.3 is 5.69 Å². The highest BCUT2D eigenvalue weighted by atomic mass is 16.2. The number of nitrogens with zero attached hydrogens (tertiary/aromatic N) is 4. The van der Waals surface area contributed by atoms with Gasteiger partial charge in [-0.25, -0.2) is 4.79 Å². The standard InChI is InChI=1S/C18H24N4O2/c1-14-12-22(15-7-5-4-6-8-15)10-9-21(14)13-16-11-17(23)20(3)18(24)19(16)2/h4-8,11,14H,9-10,12-13H2,1-3H3. The quantitative estimate of drug-likeness (QED) is 0.836. The van der Waals surface area contributed by atoms with Gasteiger partial charge in [-0.1, -0.05) is 18.2 Å². The van der Waals surface area contributed by atoms with Crippen molar-refractivity contribution in [2.75, 3.05) is 24.5 Å². The lowest BCUT2D eigenvalue weighted by atomic mass is 10.1. The maximum absolute atomic E-state index is 12.1. The number of aromatic nitrogens is 2. The van der Waals surface area contributed by atoms with Crippen molar-refractivity contribution < 1.29 is 0 Å². The molecule has 2 aromatic rings. The van der Waals surface area contributed by atoms with E-state index in [9.17, 15) is 9.59 Å². The fourth-order valence-corrected chi connectivity index (χ4v) is 3.24. The number of rotatable bonds is 3. The smallest absolute Gasteiger partial charge is 0.330 e. The highest BCUT2D eigenvalue weighted by Crippen LogP contribution is 2.19. The Morgan fingerprint density at radius 1 is 1.04 bits per heavy atom. The monoisotopic (exact) mass is 328 g/mol. The summed E-state index contributed by atoms with van der Waals surface area (Å²) in [6, 6.07) is 12.3. The molecule has 1 fully saturated rings. The van der Waals surface area contributed by atoms with E-state index in [-0.39, 0.29) is 11.2 Å². The predicted octanol–water partition coefficient (Wildman–Crippen LogP) is 0.795. The molecule has 1 aromatic heterocycles. The normalized spacial score (nSPS) is 18.8. The second-order valence-corrected chi connectivity index (χ2v) is 6.48. The van der Waals surface area contributed by atoms with Crippen LogP contribution in [0.2, 0.25) is 0 Å². The van der Waals surface area contributed by atoms with Gasteiger partial charge in [-0.2, -0.15) is 0 Å². The molecule has 0 amide bonds. The molecule has 6 heteroatoms. The molecule has 6 nitrogen and oxygen atoms in total. The lowest BCUT2D eigenvalue weighted by Gasteiger charge is -2.41. The van der Waals surface area contributed by atoms with Crippen LogP contribution < -0.4 is 16.1 Å². The Labute approximate surface area is 141 Å². The Morgan fingerprint density at radius 2 is 1.75 bits per heavy atom. The van der Waals surface area contributed by atoms with Crippen molar-refractivity contribution in [2.24, 2.45) is 14.1 Å². The van der Waals surface area contributed by atoms with Gasteiger partial charge in [0.2, 0.25) is 0 Å². The summed E-state index contributed by atoms with van der Waals surface area (Å²) in [7, 11) is 3.23. The average molecular weight is 328 g/mol. The van der Waals surface area contributed by atoms with E-state index in [0.29, 0.717) is 12.6 Å². The Balaban J connectivity index is 1.75. The maximum Gasteiger partial charge on any atom is 0.330 e. The van der Waals surface area contributed by atoms with Crippen molar-refractivity contribution in [1.82, 2.24) is 14.0 Å². The van der Waals surface area contributed by atoms with Crippen LogP contribution in [-0.2, 0) is 20.6 Å². The van der Waals surface area contributed by atoms with E-state index >= 15 is 0 Å². The van der Waals surface area contributed by atoms with Gasteiger partial charge in [0.15, 0.2) is 0 Å². The van der Waals surface area contributed by atoms with Gasteiger partial charge in [-0.3, -0.25) is 18.8 Å². The van der Waals surface area contributed by atoms with Crippen LogP contribution in [0.4, 0.5) is 5.69 Å². The van der Waals surface area contributed by atoms with Crippen LogP contribution in [0.25, 0.3) is 0 Å². The third-order valence-corrected chi connectivity index (χ3v) is 4.88. The first-order valence-electron chi connectivity index (χ1n) is 8.27. The van der Waals surface area contributed by atoms with Crippen molar-refractivity contribution in [3.8, 4) is 0 Å². The molecule has 24 heavy (non-hydrogen) atoms. The van der Waals surface area contributed by atoms with Crippen LogP contribution in [0.5, 0.6) is 0 Å². The number of hydrogen-bond acceptors (Lipinski definition) is 4. The molecule has 1 saturated heterocycles. The van der Waals surface area contributed by atoms with E-state index in [4.69, 9.17) is 0 Å². The largest absolute Gasteiger partial charge is 0.369 e. The number of anilines is 1. The summed E-state index contributed by atoms with van der Waals surface area (Å²) >= 11 is 0. The predicted molar refractivity (Wildman–Crippen MR) is 95.5 cm³/mol. The summed E-state index contributed by atoms with van der Waals surface area (Å²) in [5.41, 5.74) is 1.49. The Hall–Kier alpha value is -2.34. The van der Waals surface area contributed by atoms with Gasteiger partial charge in [0.1, 0.15) is 0 Å². The molecule has 0 N–H and O–H groups in total. The van der Waals surface area contributed by atoms with Crippen molar-refractivity contribution in [3.63, 3.8) is 0 Å². The molecule has 1 aliphatic rings. The molecule has 2 heterocycles. The fourth-order valence-electron chi connectivity index (χ4n) is 3.24. The zero-order valence-electron chi connectivity index (χ0n) is 14.5. The van der Waals surface area contributed by atoms with Crippen LogP contribution in [0.3, 0.4) is 0 Å². The second kappa shape index (κ2) is 6.65. The lowest BCUT2D eigenvalue weighted by molar-refractivity contribution is 0.176. The van der Waals surface area contributed by atoms with Crippen LogP contribution in [0.15, 0.2) is 46.0 Å². The van der Waals surface area contributed by atoms with Crippen molar-refractivity contribution in [3.05, 3.63) is 62.9 Å². The van der Waals surface area contributed by atoms with Gasteiger partial charge in [0, 0.05) is 63.8 Å². The van der Waals surface area contributed by atoms with Crippen molar-refractivity contribution >= 4 is 5.69 Å². The van der Waals surface area contributed by atoms with E-state index in [1.54, 1.807) is 17.7 Å². The molecule has 0 saturated carbocycles. The highest BCUT2D eigenvalue weighted by Gasteiger charge is 2.24. The Morgan fingerprint density at radius 3 is 2.42 bits per heavy atom. The molecule has 0 aliphatic carbocycles. The van der Waals surface area contributed by atoms with E-state index in [2.05, 4.69) is 41.0 Å². The van der Waals surface area contributed by atoms with E-state index in [1.165, 1.54) is 12.7 Å². The molecular formula is C18H24N4O2. The van der Waals surface area contributed by atoms with E-state index in [1.807, 2.05) is 6.07 Å². The number of benzene rings is 1. The zero-order chi connectivity index (χ0) is 17.3. The van der Waals surface area contributed by atoms with E-state index in [0.717, 1.165) is 29.9 Å². The van der Waals surface area contributed by atoms with Crippen molar-refractivity contribution in [2.45, 2.75) is 19.5 Å². The van der Waals surface area contributed by atoms with Crippen LogP contribution in [-0.4, -0.2) is 39.7 Å². The molecule has 0 radical (unpaired) electrons. The summed E-state index contributed by atoms with van der Waals surface area (Å²) in [5, 5.41) is 0. The zero-order valence-corrected chi connectivity index (χ0v) is 14.5. The number of piperazine rings is 1. The Kier molecular flexibility index (Phi) is 4.57. The Bertz CT molecular complexity index is 825. The lowest BCUT2D eigenvalue weighted by Crippen LogP contribution is -2.52. The summed E-state index contributed by atoms with van der Waals surface area (Å²) in [4.78, 5) is 28.7. The van der Waals surface area contributed by atoms with Crippen LogP contribution in [0.1, 0.15) is 12.6 Å². The molecule has 3 rings (SSSR count). The average Bonchev–Trinajstić information content (AvgIpc) is 2.60. The van der Waals surface area contributed by atoms with Crippen LogP contribution in [0, 0.1) is 0 Å². The first-order chi connectivity index (χ1) is 11.5. The van der Waals surface area contributed by atoms with Gasteiger partial charge < -0.3 is 4.90 Å². The molecule has 1 aliphatic heterocycles. The minimum Gasteiger partial charge on any atom is -0.369 e. The molecule has 0 bridgehead atoms. The molecular weight excluding hydrogens is 304 g/mol. The minimum atomic E-state index is -0.270. The van der Waals surface area contributed by atoms with Gasteiger partial charge in [-0.15, -0.1) is 0 Å². The molecule has 128 valence electrons. The first kappa shape index (κ1) is 16.5. The molecule has 1 atom stereocenters. The van der Waals surface area contributed by atoms with Crippen molar-refractivity contribution in [1.29, 1.82) is 0 Å². The minimum absolute atomic E-state index is 0.247. The highest BCUT2D eigenvalue weighted by molar-refractivity contribution is 5.46. The van der Waals surface area contributed by atoms with Crippen LogP contribution >= 0.6 is 0 Å². The summed E-state index contributed by atoms with van der Waals surface area (Å²) in [6.07, 6.45) is 0. The maximum atomic E-state index is 12.1. The number of hydrogen-bond donors (Lipinski definition) is 0. The SMILES string of the molecule is CC1CN(c2ccccc2)CCN1Cc1cc(=O)n(C)c(=O)n1C. The summed E-state index contributed by atoms with van der Waals surface area (Å²) in [5.74, 6) is 0. The second-order valence-electron chi connectivity index (χ2n) is 6.48. The summed E-state index contributed by atoms with van der Waals surface area (Å²) in [6.45, 7) is 5.58. The third kappa shape index (κ3) is 3.14. The molecule has 1 aromatic carbocycles. The fraction of sp³-hybridized carbons (Fsp3) is 0.444. The summed E-state index contributed by atoms with van der Waals surface area (Å²) < 4.78 is 2.71. The van der Waals surface area contributed by atoms with Gasteiger partial charge in [0.25, 0.3) is 5.56 Å². The third-order valence-electron chi connectivity index (χ3n) is 4.88. The molecule has 1 unspecified atom stereocenters. The number of para-hydroxylation sites is 1.